The summed E-state index contributed by atoms with van der Waals surface area (Å²) in [5.41, 5.74) is 0. The van der Waals surface area contributed by atoms with E-state index >= 15 is 0 Å². The van der Waals surface area contributed by atoms with Crippen molar-refractivity contribution < 1.29 is 49.3 Å². The average Bonchev–Trinajstić information content (AvgIpc) is 3.52. The van der Waals surface area contributed by atoms with E-state index in [0.29, 0.717) is 12.8 Å². The van der Waals surface area contributed by atoms with Gasteiger partial charge in [0.15, 0.2) is 12.4 Å². The number of nitrogens with one attached hydrogen (secondary N) is 1. The largest absolute Gasteiger partial charge is 0.454 e. The van der Waals surface area contributed by atoms with Crippen LogP contribution in [0.25, 0.3) is 0 Å². The molecule has 0 aromatic heterocycles. The molecule has 83 heavy (non-hydrogen) atoms. The Bertz CT molecular complexity index is 1540. The lowest BCUT2D eigenvalue weighted by molar-refractivity contribution is -0.305. The summed E-state index contributed by atoms with van der Waals surface area (Å²) >= 11 is 0. The number of amides is 1. The third-order valence-electron chi connectivity index (χ3n) is 16.7. The van der Waals surface area contributed by atoms with E-state index in [0.717, 1.165) is 77.0 Å². The van der Waals surface area contributed by atoms with Crippen molar-refractivity contribution >= 4 is 11.9 Å². The van der Waals surface area contributed by atoms with E-state index in [1.807, 2.05) is 6.08 Å². The second-order valence-corrected chi connectivity index (χ2v) is 24.6. The van der Waals surface area contributed by atoms with Crippen LogP contribution >= 0.6 is 0 Å². The van der Waals surface area contributed by atoms with Crippen molar-refractivity contribution in [2.75, 3.05) is 13.2 Å². The molecule has 1 fully saturated rings. The molecule has 8 atom stereocenters. The van der Waals surface area contributed by atoms with Gasteiger partial charge in [0.1, 0.15) is 24.4 Å². The number of hydrogen-bond acceptors (Lipinski definition) is 10. The molecule has 11 heteroatoms. The number of allylic oxidation sites excluding steroid dienone is 7. The molecule has 486 valence electrons. The van der Waals surface area contributed by atoms with Crippen LogP contribution in [0.2, 0.25) is 0 Å². The number of carbonyl (C=O) groups is 2. The maximum atomic E-state index is 13.5. The first-order chi connectivity index (χ1) is 40.7. The fraction of sp³-hybridized carbons (Fsp3) is 0.861. The number of aliphatic hydroxyl groups is 5. The molecule has 0 aromatic rings. The summed E-state index contributed by atoms with van der Waals surface area (Å²) in [5, 5.41) is 57.2. The maximum absolute atomic E-state index is 13.5. The minimum Gasteiger partial charge on any atom is -0.454 e. The summed E-state index contributed by atoms with van der Waals surface area (Å²) in [7, 11) is 0. The highest BCUT2D eigenvalue weighted by molar-refractivity contribution is 5.80. The van der Waals surface area contributed by atoms with Gasteiger partial charge in [-0.2, -0.15) is 0 Å². The quantitative estimate of drug-likeness (QED) is 0.0195. The Kier molecular flexibility index (Phi) is 56.8. The Morgan fingerprint density at radius 1 is 0.470 bits per heavy atom. The molecule has 1 aliphatic rings. The molecular weight excluding hydrogens is 1040 g/mol. The summed E-state index contributed by atoms with van der Waals surface area (Å²) < 4.78 is 17.7. The van der Waals surface area contributed by atoms with Crippen LogP contribution in [0.15, 0.2) is 48.6 Å². The zero-order valence-corrected chi connectivity index (χ0v) is 54.1. The number of ether oxygens (including phenoxy) is 3. The van der Waals surface area contributed by atoms with Crippen LogP contribution in [0.4, 0.5) is 0 Å². The van der Waals surface area contributed by atoms with Crippen LogP contribution in [0.1, 0.15) is 335 Å². The predicted octanol–water partition coefficient (Wildman–Crippen LogP) is 18.0. The highest BCUT2D eigenvalue weighted by atomic mass is 16.7. The first kappa shape index (κ1) is 78.6. The van der Waals surface area contributed by atoms with Gasteiger partial charge < -0.3 is 45.1 Å². The van der Waals surface area contributed by atoms with Crippen LogP contribution < -0.4 is 5.32 Å². The normalized spacial score (nSPS) is 18.8. The Hall–Kier alpha value is -2.38. The summed E-state index contributed by atoms with van der Waals surface area (Å²) in [6.45, 7) is 5.80. The van der Waals surface area contributed by atoms with Crippen molar-refractivity contribution in [3.05, 3.63) is 48.6 Å². The zero-order valence-electron chi connectivity index (χ0n) is 54.1. The van der Waals surface area contributed by atoms with Crippen LogP contribution in [0, 0.1) is 0 Å². The topological polar surface area (TPSA) is 175 Å². The lowest BCUT2D eigenvalue weighted by atomic mass is 9.99. The van der Waals surface area contributed by atoms with Crippen molar-refractivity contribution in [1.29, 1.82) is 0 Å². The fourth-order valence-electron chi connectivity index (χ4n) is 11.1. The lowest BCUT2D eigenvalue weighted by Gasteiger charge is -2.41. The van der Waals surface area contributed by atoms with E-state index in [2.05, 4.69) is 62.5 Å². The summed E-state index contributed by atoms with van der Waals surface area (Å²) in [6, 6.07) is -1.02. The highest BCUT2D eigenvalue weighted by Crippen LogP contribution is 2.26. The molecule has 0 aliphatic carbocycles. The number of esters is 1. The molecule has 0 bridgehead atoms. The summed E-state index contributed by atoms with van der Waals surface area (Å²) in [5.74, 6) is -1.18. The summed E-state index contributed by atoms with van der Waals surface area (Å²) in [4.78, 5) is 26.6. The first-order valence-corrected chi connectivity index (χ1v) is 35.4. The molecule has 0 aromatic carbocycles. The fourth-order valence-corrected chi connectivity index (χ4v) is 11.1. The van der Waals surface area contributed by atoms with Crippen molar-refractivity contribution in [2.45, 2.75) is 384 Å². The Morgan fingerprint density at radius 2 is 0.831 bits per heavy atom. The van der Waals surface area contributed by atoms with E-state index in [9.17, 15) is 35.1 Å². The van der Waals surface area contributed by atoms with Crippen LogP contribution in [-0.4, -0.2) is 99.6 Å². The number of carbonyl (C=O) groups excluding carboxylic acids is 2. The zero-order chi connectivity index (χ0) is 60.3. The smallest absolute Gasteiger partial charge is 0.306 e. The van der Waals surface area contributed by atoms with E-state index in [1.54, 1.807) is 6.08 Å². The Labute approximate surface area is 510 Å². The third-order valence-corrected chi connectivity index (χ3v) is 16.7. The van der Waals surface area contributed by atoms with Gasteiger partial charge in [-0.3, -0.25) is 9.59 Å². The molecule has 0 saturated carbocycles. The Morgan fingerprint density at radius 3 is 1.27 bits per heavy atom. The van der Waals surface area contributed by atoms with Gasteiger partial charge in [-0.25, -0.2) is 0 Å². The van der Waals surface area contributed by atoms with E-state index in [1.165, 1.54) is 212 Å². The standard InChI is InChI=1S/C72H133NO10/c1-4-7-10-13-16-19-22-24-26-28-30-31-32-33-34-36-37-39-41-44-47-50-53-56-59-65(76)71(80)73-63(64(75)58-55-52-49-46-43-21-18-15-12-9-6-3)62-81-72-70(69(79)68(78)66(61-74)82-72)83-67(77)60-57-54-51-48-45-42-40-38-35-29-27-25-23-20-17-14-11-8-5-2/h16,19,24,26,30-31,55,58,63-66,68-70,72,74-76,78-79H,4-15,17-18,20-23,25,27-29,32-54,56-57,59-62H2,1-3H3,(H,73,80)/b19-16-,26-24-,31-30-,58-55+. The minimum atomic E-state index is -1.61. The van der Waals surface area contributed by atoms with Gasteiger partial charge in [0.05, 0.1) is 25.4 Å². The molecule has 1 aliphatic heterocycles. The monoisotopic (exact) mass is 1170 g/mol. The minimum absolute atomic E-state index is 0.128. The van der Waals surface area contributed by atoms with Crippen LogP contribution in [0.5, 0.6) is 0 Å². The molecule has 1 heterocycles. The van der Waals surface area contributed by atoms with Crippen molar-refractivity contribution in [2.24, 2.45) is 0 Å². The molecule has 1 amide bonds. The predicted molar refractivity (Wildman–Crippen MR) is 347 cm³/mol. The SMILES string of the molecule is CCCCC/C=C\C/C=C\C/C=C\CCCCCCCCCCCCCC(O)C(=O)NC(COC1OC(CO)C(O)C(O)C1OC(=O)CCCCCCCCCCCCCCCCCCCCC)C(O)/C=C/CCCCCCCCCCC. The number of aliphatic hydroxyl groups excluding tert-OH is 5. The Balaban J connectivity index is 2.56. The third kappa shape index (κ3) is 47.4. The molecule has 8 unspecified atom stereocenters. The van der Waals surface area contributed by atoms with Gasteiger partial charge in [0.25, 0.3) is 0 Å². The second kappa shape index (κ2) is 59.9. The van der Waals surface area contributed by atoms with Gasteiger partial charge in [-0.1, -0.05) is 313 Å². The van der Waals surface area contributed by atoms with Gasteiger partial charge in [-0.05, 0) is 64.2 Å². The molecular formula is C72H133NO10. The average molecular weight is 1170 g/mol. The number of rotatable bonds is 61. The number of hydrogen-bond donors (Lipinski definition) is 6. The molecule has 0 radical (unpaired) electrons. The molecule has 1 saturated heterocycles. The summed E-state index contributed by atoms with van der Waals surface area (Å²) in [6.07, 6.45) is 64.4. The van der Waals surface area contributed by atoms with Crippen molar-refractivity contribution in [3.63, 3.8) is 0 Å². The number of unbranched alkanes of at least 4 members (excludes halogenated alkanes) is 41. The molecule has 6 N–H and O–H groups in total. The van der Waals surface area contributed by atoms with Gasteiger partial charge in [0.2, 0.25) is 5.91 Å². The van der Waals surface area contributed by atoms with E-state index in [4.69, 9.17) is 14.2 Å². The molecule has 11 nitrogen and oxygen atoms in total. The highest BCUT2D eigenvalue weighted by Gasteiger charge is 2.47. The second-order valence-electron chi connectivity index (χ2n) is 24.6. The van der Waals surface area contributed by atoms with E-state index in [-0.39, 0.29) is 19.4 Å². The van der Waals surface area contributed by atoms with Gasteiger partial charge >= 0.3 is 5.97 Å². The first-order valence-electron chi connectivity index (χ1n) is 35.4. The van der Waals surface area contributed by atoms with Gasteiger partial charge in [0, 0.05) is 6.42 Å². The molecule has 1 rings (SSSR count). The van der Waals surface area contributed by atoms with Crippen LogP contribution in [-0.2, 0) is 23.8 Å². The van der Waals surface area contributed by atoms with Crippen LogP contribution in [0.3, 0.4) is 0 Å². The lowest BCUT2D eigenvalue weighted by Crippen LogP contribution is -2.61. The van der Waals surface area contributed by atoms with Crippen molar-refractivity contribution in [3.8, 4) is 0 Å². The van der Waals surface area contributed by atoms with Crippen molar-refractivity contribution in [1.82, 2.24) is 5.32 Å². The molecule has 0 spiro atoms. The maximum Gasteiger partial charge on any atom is 0.306 e. The van der Waals surface area contributed by atoms with Gasteiger partial charge in [-0.15, -0.1) is 0 Å². The van der Waals surface area contributed by atoms with E-state index < -0.39 is 67.4 Å².